The second-order valence-corrected chi connectivity index (χ2v) is 5.10. The van der Waals surface area contributed by atoms with Gasteiger partial charge in [-0.1, -0.05) is 13.8 Å². The number of carbonyl (C=O) groups is 1. The molecule has 0 aliphatic heterocycles. The molecule has 1 aromatic rings. The Morgan fingerprint density at radius 2 is 2.19 bits per heavy atom. The summed E-state index contributed by atoms with van der Waals surface area (Å²) < 4.78 is 1.50. The van der Waals surface area contributed by atoms with Crippen LogP contribution in [0.15, 0.2) is 23.1 Å². The second-order valence-electron chi connectivity index (χ2n) is 5.10. The molecular formula is C12H15NO3. The van der Waals surface area contributed by atoms with Gasteiger partial charge in [0.25, 0.3) is 5.56 Å². The lowest BCUT2D eigenvalue weighted by Gasteiger charge is -2.07. The molecule has 1 atom stereocenters. The minimum absolute atomic E-state index is 0.132. The van der Waals surface area contributed by atoms with E-state index in [9.17, 15) is 9.59 Å². The van der Waals surface area contributed by atoms with Gasteiger partial charge in [0.05, 0.1) is 5.56 Å². The van der Waals surface area contributed by atoms with E-state index in [1.54, 1.807) is 0 Å². The Balaban J connectivity index is 2.23. The summed E-state index contributed by atoms with van der Waals surface area (Å²) in [5, 5.41) is 8.84. The molecule has 0 radical (unpaired) electrons. The van der Waals surface area contributed by atoms with Crippen LogP contribution in [0.5, 0.6) is 0 Å². The highest BCUT2D eigenvalue weighted by molar-refractivity contribution is 5.87. The predicted molar refractivity (Wildman–Crippen MR) is 59.5 cm³/mol. The Labute approximate surface area is 93.5 Å². The minimum Gasteiger partial charge on any atom is -0.478 e. The van der Waals surface area contributed by atoms with Gasteiger partial charge in [0.1, 0.15) is 0 Å². The van der Waals surface area contributed by atoms with Crippen LogP contribution in [0.2, 0.25) is 0 Å². The molecule has 86 valence electrons. The topological polar surface area (TPSA) is 59.3 Å². The van der Waals surface area contributed by atoms with Gasteiger partial charge in [0.2, 0.25) is 0 Å². The van der Waals surface area contributed by atoms with Gasteiger partial charge in [0, 0.05) is 18.8 Å². The molecule has 1 N–H and O–H groups in total. The van der Waals surface area contributed by atoms with Crippen molar-refractivity contribution in [2.24, 2.45) is 11.3 Å². The Kier molecular flexibility index (Phi) is 2.37. The van der Waals surface area contributed by atoms with Crippen molar-refractivity contribution < 1.29 is 9.90 Å². The van der Waals surface area contributed by atoms with Gasteiger partial charge in [-0.2, -0.15) is 0 Å². The zero-order valence-electron chi connectivity index (χ0n) is 9.43. The molecule has 4 nitrogen and oxygen atoms in total. The third kappa shape index (κ3) is 2.01. The average Bonchev–Trinajstić information content (AvgIpc) is 2.77. The summed E-state index contributed by atoms with van der Waals surface area (Å²) in [4.78, 5) is 22.3. The molecule has 1 aliphatic rings. The van der Waals surface area contributed by atoms with Crippen molar-refractivity contribution in [1.82, 2.24) is 4.57 Å². The van der Waals surface area contributed by atoms with Gasteiger partial charge in [-0.3, -0.25) is 4.79 Å². The van der Waals surface area contributed by atoms with Gasteiger partial charge in [-0.15, -0.1) is 0 Å². The van der Waals surface area contributed by atoms with E-state index in [1.165, 1.54) is 22.9 Å². The first-order valence-corrected chi connectivity index (χ1v) is 5.34. The quantitative estimate of drug-likeness (QED) is 0.843. The van der Waals surface area contributed by atoms with Crippen LogP contribution in [0.25, 0.3) is 0 Å². The van der Waals surface area contributed by atoms with Gasteiger partial charge < -0.3 is 9.67 Å². The van der Waals surface area contributed by atoms with Crippen LogP contribution in [0, 0.1) is 11.3 Å². The summed E-state index contributed by atoms with van der Waals surface area (Å²) in [5.74, 6) is -0.516. The first kappa shape index (κ1) is 10.9. The Morgan fingerprint density at radius 1 is 1.56 bits per heavy atom. The number of hydrogen-bond acceptors (Lipinski definition) is 2. The molecule has 16 heavy (non-hydrogen) atoms. The van der Waals surface area contributed by atoms with E-state index < -0.39 is 5.97 Å². The largest absolute Gasteiger partial charge is 0.478 e. The Hall–Kier alpha value is -1.58. The standard InChI is InChI=1S/C12H15NO3/c1-12(2)5-9(12)7-13-6-8(11(15)16)3-4-10(13)14/h3-4,6,9H,5,7H2,1-2H3,(H,15,16). The molecular weight excluding hydrogens is 206 g/mol. The number of pyridine rings is 1. The van der Waals surface area contributed by atoms with E-state index in [-0.39, 0.29) is 11.1 Å². The lowest BCUT2D eigenvalue weighted by atomic mass is 10.1. The maximum Gasteiger partial charge on any atom is 0.337 e. The molecule has 0 spiro atoms. The molecule has 1 fully saturated rings. The van der Waals surface area contributed by atoms with Crippen LogP contribution in [0.1, 0.15) is 30.6 Å². The molecule has 4 heteroatoms. The van der Waals surface area contributed by atoms with E-state index in [0.717, 1.165) is 6.42 Å². The smallest absolute Gasteiger partial charge is 0.337 e. The number of carboxylic acids is 1. The van der Waals surface area contributed by atoms with E-state index in [0.29, 0.717) is 17.9 Å². The third-order valence-corrected chi connectivity index (χ3v) is 3.37. The summed E-state index contributed by atoms with van der Waals surface area (Å²) >= 11 is 0. The average molecular weight is 221 g/mol. The van der Waals surface area contributed by atoms with Crippen molar-refractivity contribution in [1.29, 1.82) is 0 Å². The lowest BCUT2D eigenvalue weighted by molar-refractivity contribution is 0.0695. The molecule has 2 rings (SSSR count). The first-order valence-electron chi connectivity index (χ1n) is 5.34. The van der Waals surface area contributed by atoms with Gasteiger partial charge in [-0.25, -0.2) is 4.79 Å². The van der Waals surface area contributed by atoms with Crippen molar-refractivity contribution in [2.45, 2.75) is 26.8 Å². The number of hydrogen-bond donors (Lipinski definition) is 1. The maximum absolute atomic E-state index is 11.5. The zero-order chi connectivity index (χ0) is 11.9. The van der Waals surface area contributed by atoms with Crippen LogP contribution in [0.4, 0.5) is 0 Å². The number of rotatable bonds is 3. The first-order chi connectivity index (χ1) is 7.40. The summed E-state index contributed by atoms with van der Waals surface area (Å²) in [6.45, 7) is 4.93. The van der Waals surface area contributed by atoms with Crippen LogP contribution < -0.4 is 5.56 Å². The van der Waals surface area contributed by atoms with Gasteiger partial charge in [0.15, 0.2) is 0 Å². The van der Waals surface area contributed by atoms with Crippen molar-refractivity contribution >= 4 is 5.97 Å². The van der Waals surface area contributed by atoms with Crippen molar-refractivity contribution in [3.05, 3.63) is 34.2 Å². The predicted octanol–water partition coefficient (Wildman–Crippen LogP) is 1.59. The van der Waals surface area contributed by atoms with E-state index in [1.807, 2.05) is 0 Å². The van der Waals surface area contributed by atoms with Crippen molar-refractivity contribution in [2.75, 3.05) is 0 Å². The molecule has 0 bridgehead atoms. The number of carboxylic acid groups (broad SMARTS) is 1. The molecule has 1 heterocycles. The van der Waals surface area contributed by atoms with Crippen LogP contribution in [-0.2, 0) is 6.54 Å². The van der Waals surface area contributed by atoms with Crippen molar-refractivity contribution in [3.63, 3.8) is 0 Å². The second kappa shape index (κ2) is 3.47. The highest BCUT2D eigenvalue weighted by Gasteiger charge is 2.45. The van der Waals surface area contributed by atoms with Gasteiger partial charge in [-0.05, 0) is 23.8 Å². The number of aromatic carboxylic acids is 1. The molecule has 0 amide bonds. The maximum atomic E-state index is 11.5. The summed E-state index contributed by atoms with van der Waals surface area (Å²) in [7, 11) is 0. The molecule has 0 aromatic carbocycles. The lowest BCUT2D eigenvalue weighted by Crippen LogP contribution is -2.21. The Bertz CT molecular complexity index is 487. The third-order valence-electron chi connectivity index (χ3n) is 3.37. The van der Waals surface area contributed by atoms with Crippen LogP contribution in [-0.4, -0.2) is 15.6 Å². The van der Waals surface area contributed by atoms with E-state index >= 15 is 0 Å². The van der Waals surface area contributed by atoms with Crippen molar-refractivity contribution in [3.8, 4) is 0 Å². The van der Waals surface area contributed by atoms with E-state index in [4.69, 9.17) is 5.11 Å². The number of aromatic nitrogens is 1. The molecule has 0 saturated heterocycles. The fraction of sp³-hybridized carbons (Fsp3) is 0.500. The normalized spacial score (nSPS) is 21.8. The minimum atomic E-state index is -0.996. The van der Waals surface area contributed by atoms with Gasteiger partial charge >= 0.3 is 5.97 Å². The SMILES string of the molecule is CC1(C)CC1Cn1cc(C(=O)O)ccc1=O. The highest BCUT2D eigenvalue weighted by Crippen LogP contribution is 2.52. The van der Waals surface area contributed by atoms with E-state index in [2.05, 4.69) is 13.8 Å². The monoisotopic (exact) mass is 221 g/mol. The molecule has 1 aromatic heterocycles. The Morgan fingerprint density at radius 3 is 2.69 bits per heavy atom. The van der Waals surface area contributed by atoms with Crippen LogP contribution in [0.3, 0.4) is 0 Å². The number of nitrogens with zero attached hydrogens (tertiary/aromatic N) is 1. The fourth-order valence-corrected chi connectivity index (χ4v) is 1.93. The zero-order valence-corrected chi connectivity index (χ0v) is 9.43. The summed E-state index contributed by atoms with van der Waals surface area (Å²) in [5.41, 5.74) is 0.323. The van der Waals surface area contributed by atoms with Crippen LogP contribution >= 0.6 is 0 Å². The highest BCUT2D eigenvalue weighted by atomic mass is 16.4. The molecule has 1 aliphatic carbocycles. The molecule has 1 saturated carbocycles. The summed E-state index contributed by atoms with van der Waals surface area (Å²) in [6, 6.07) is 2.66. The molecule has 1 unspecified atom stereocenters. The fourth-order valence-electron chi connectivity index (χ4n) is 1.93. The summed E-state index contributed by atoms with van der Waals surface area (Å²) in [6.07, 6.45) is 2.52.